The van der Waals surface area contributed by atoms with E-state index in [0.717, 1.165) is 12.0 Å². The summed E-state index contributed by atoms with van der Waals surface area (Å²) in [5.41, 5.74) is 6.34. The number of hydrogen-bond acceptors (Lipinski definition) is 4. The lowest BCUT2D eigenvalue weighted by Gasteiger charge is -2.26. The van der Waals surface area contributed by atoms with Gasteiger partial charge in [0.2, 0.25) is 0 Å². The standard InChI is InChI=1S/C15H24N2O2S/c1-4-11(2)17(3)9-13(18)10-19-14-7-5-6-12(8-14)15(16)20/h5-8,11,13,18H,4,9-10H2,1-3H3,(H2,16,20). The fraction of sp³-hybridized carbons (Fsp3) is 0.533. The minimum Gasteiger partial charge on any atom is -0.491 e. The summed E-state index contributed by atoms with van der Waals surface area (Å²) in [6.07, 6.45) is 0.530. The molecule has 1 rings (SSSR count). The monoisotopic (exact) mass is 296 g/mol. The van der Waals surface area contributed by atoms with Crippen LogP contribution in [0.3, 0.4) is 0 Å². The molecule has 0 aliphatic heterocycles. The second-order valence-electron chi connectivity index (χ2n) is 5.05. The topological polar surface area (TPSA) is 58.7 Å². The zero-order valence-electron chi connectivity index (χ0n) is 12.4. The van der Waals surface area contributed by atoms with Crippen molar-refractivity contribution < 1.29 is 9.84 Å². The Kier molecular flexibility index (Phi) is 6.91. The lowest BCUT2D eigenvalue weighted by molar-refractivity contribution is 0.0649. The van der Waals surface area contributed by atoms with E-state index in [1.165, 1.54) is 0 Å². The Morgan fingerprint density at radius 2 is 2.20 bits per heavy atom. The van der Waals surface area contributed by atoms with Crippen LogP contribution in [0.15, 0.2) is 24.3 Å². The van der Waals surface area contributed by atoms with Crippen LogP contribution in [0.5, 0.6) is 5.75 Å². The number of benzene rings is 1. The summed E-state index contributed by atoms with van der Waals surface area (Å²) in [5.74, 6) is 0.667. The summed E-state index contributed by atoms with van der Waals surface area (Å²) in [5, 5.41) is 9.99. The molecule has 5 heteroatoms. The van der Waals surface area contributed by atoms with E-state index in [1.807, 2.05) is 25.2 Å². The van der Waals surface area contributed by atoms with Crippen LogP contribution in [0.1, 0.15) is 25.8 Å². The van der Waals surface area contributed by atoms with E-state index >= 15 is 0 Å². The van der Waals surface area contributed by atoms with Gasteiger partial charge in [-0.2, -0.15) is 0 Å². The molecule has 0 amide bonds. The van der Waals surface area contributed by atoms with Gasteiger partial charge in [0.05, 0.1) is 0 Å². The molecule has 2 atom stereocenters. The molecule has 1 aromatic carbocycles. The van der Waals surface area contributed by atoms with Gasteiger partial charge in [-0.15, -0.1) is 0 Å². The van der Waals surface area contributed by atoms with Crippen LogP contribution >= 0.6 is 12.2 Å². The van der Waals surface area contributed by atoms with Crippen molar-refractivity contribution in [2.45, 2.75) is 32.4 Å². The van der Waals surface area contributed by atoms with E-state index in [1.54, 1.807) is 6.07 Å². The summed E-state index contributed by atoms with van der Waals surface area (Å²) in [6, 6.07) is 7.73. The van der Waals surface area contributed by atoms with Gasteiger partial charge in [0.25, 0.3) is 0 Å². The smallest absolute Gasteiger partial charge is 0.120 e. The molecule has 0 heterocycles. The Morgan fingerprint density at radius 1 is 1.50 bits per heavy atom. The van der Waals surface area contributed by atoms with Crippen molar-refractivity contribution in [1.29, 1.82) is 0 Å². The summed E-state index contributed by atoms with van der Waals surface area (Å²) < 4.78 is 5.58. The average Bonchev–Trinajstić information content (AvgIpc) is 2.44. The maximum atomic E-state index is 9.99. The Labute approximate surface area is 126 Å². The SMILES string of the molecule is CCC(C)N(C)CC(O)COc1cccc(C(N)=S)c1. The number of likely N-dealkylation sites (N-methyl/N-ethyl adjacent to an activating group) is 1. The first-order valence-electron chi connectivity index (χ1n) is 6.85. The predicted octanol–water partition coefficient (Wildman–Crippen LogP) is 1.79. The quantitative estimate of drug-likeness (QED) is 0.716. The van der Waals surface area contributed by atoms with Crippen LogP contribution in [0, 0.1) is 0 Å². The molecule has 0 bridgehead atoms. The molecule has 0 fully saturated rings. The van der Waals surface area contributed by atoms with Crippen LogP contribution in [-0.4, -0.2) is 47.3 Å². The molecule has 0 spiro atoms. The molecule has 112 valence electrons. The maximum absolute atomic E-state index is 9.99. The van der Waals surface area contributed by atoms with Gasteiger partial charge in [0.15, 0.2) is 0 Å². The van der Waals surface area contributed by atoms with Crippen LogP contribution < -0.4 is 10.5 Å². The number of rotatable bonds is 8. The third-order valence-corrected chi connectivity index (χ3v) is 3.64. The minimum absolute atomic E-state index is 0.252. The van der Waals surface area contributed by atoms with Crippen molar-refractivity contribution in [3.63, 3.8) is 0 Å². The highest BCUT2D eigenvalue weighted by molar-refractivity contribution is 7.80. The van der Waals surface area contributed by atoms with E-state index in [9.17, 15) is 5.11 Å². The molecule has 2 unspecified atom stereocenters. The molecular weight excluding hydrogens is 272 g/mol. The highest BCUT2D eigenvalue weighted by Crippen LogP contribution is 2.13. The Morgan fingerprint density at radius 3 is 2.80 bits per heavy atom. The van der Waals surface area contributed by atoms with Crippen molar-refractivity contribution in [3.8, 4) is 5.75 Å². The first-order valence-corrected chi connectivity index (χ1v) is 7.25. The van der Waals surface area contributed by atoms with E-state index < -0.39 is 6.10 Å². The maximum Gasteiger partial charge on any atom is 0.120 e. The lowest BCUT2D eigenvalue weighted by atomic mass is 10.2. The third-order valence-electron chi connectivity index (χ3n) is 3.40. The van der Waals surface area contributed by atoms with Gasteiger partial charge < -0.3 is 20.5 Å². The van der Waals surface area contributed by atoms with Crippen molar-refractivity contribution in [3.05, 3.63) is 29.8 Å². The number of aliphatic hydroxyl groups excluding tert-OH is 1. The minimum atomic E-state index is -0.525. The molecule has 4 nitrogen and oxygen atoms in total. The highest BCUT2D eigenvalue weighted by Gasteiger charge is 2.13. The van der Waals surface area contributed by atoms with E-state index in [0.29, 0.717) is 23.3 Å². The fourth-order valence-corrected chi connectivity index (χ4v) is 1.94. The zero-order chi connectivity index (χ0) is 15.1. The van der Waals surface area contributed by atoms with Gasteiger partial charge in [-0.05, 0) is 32.5 Å². The molecule has 0 aromatic heterocycles. The molecule has 0 radical (unpaired) electrons. The van der Waals surface area contributed by atoms with Crippen molar-refractivity contribution in [2.75, 3.05) is 20.2 Å². The lowest BCUT2D eigenvalue weighted by Crippen LogP contribution is -2.38. The van der Waals surface area contributed by atoms with Gasteiger partial charge in [-0.3, -0.25) is 0 Å². The van der Waals surface area contributed by atoms with Gasteiger partial charge in [-0.25, -0.2) is 0 Å². The number of nitrogens with two attached hydrogens (primary N) is 1. The van der Waals surface area contributed by atoms with E-state index in [-0.39, 0.29) is 6.61 Å². The summed E-state index contributed by atoms with van der Waals surface area (Å²) >= 11 is 4.92. The molecular formula is C15H24N2O2S. The Bertz CT molecular complexity index is 440. The summed E-state index contributed by atoms with van der Waals surface area (Å²) in [6.45, 7) is 5.11. The van der Waals surface area contributed by atoms with Gasteiger partial charge in [0, 0.05) is 18.2 Å². The number of aliphatic hydroxyl groups is 1. The second-order valence-corrected chi connectivity index (χ2v) is 5.49. The Balaban J connectivity index is 2.46. The predicted molar refractivity (Wildman–Crippen MR) is 86.2 cm³/mol. The molecule has 1 aromatic rings. The molecule has 0 aliphatic rings. The van der Waals surface area contributed by atoms with Crippen LogP contribution in [-0.2, 0) is 0 Å². The fourth-order valence-electron chi connectivity index (χ4n) is 1.81. The summed E-state index contributed by atoms with van der Waals surface area (Å²) in [7, 11) is 2.00. The summed E-state index contributed by atoms with van der Waals surface area (Å²) in [4.78, 5) is 2.46. The highest BCUT2D eigenvalue weighted by atomic mass is 32.1. The molecule has 0 aliphatic carbocycles. The van der Waals surface area contributed by atoms with E-state index in [4.69, 9.17) is 22.7 Å². The largest absolute Gasteiger partial charge is 0.491 e. The first-order chi connectivity index (χ1) is 9.43. The van der Waals surface area contributed by atoms with Crippen molar-refractivity contribution in [1.82, 2.24) is 4.90 Å². The van der Waals surface area contributed by atoms with Crippen LogP contribution in [0.2, 0.25) is 0 Å². The van der Waals surface area contributed by atoms with Gasteiger partial charge >= 0.3 is 0 Å². The molecule has 20 heavy (non-hydrogen) atoms. The van der Waals surface area contributed by atoms with Crippen LogP contribution in [0.25, 0.3) is 0 Å². The van der Waals surface area contributed by atoms with Gasteiger partial charge in [-0.1, -0.05) is 31.3 Å². The Hall–Kier alpha value is -1.17. The molecule has 0 saturated carbocycles. The molecule has 0 saturated heterocycles. The normalized spacial score (nSPS) is 14.1. The first kappa shape index (κ1) is 16.9. The molecule has 3 N–H and O–H groups in total. The average molecular weight is 296 g/mol. The number of nitrogens with zero attached hydrogens (tertiary/aromatic N) is 1. The van der Waals surface area contributed by atoms with Crippen molar-refractivity contribution >= 4 is 17.2 Å². The number of thiocarbonyl (C=S) groups is 1. The van der Waals surface area contributed by atoms with Gasteiger partial charge in [0.1, 0.15) is 23.4 Å². The number of ether oxygens (including phenoxy) is 1. The van der Waals surface area contributed by atoms with Crippen LogP contribution in [0.4, 0.5) is 0 Å². The van der Waals surface area contributed by atoms with E-state index in [2.05, 4.69) is 18.7 Å². The zero-order valence-corrected chi connectivity index (χ0v) is 13.2. The van der Waals surface area contributed by atoms with Crippen molar-refractivity contribution in [2.24, 2.45) is 5.73 Å². The number of hydrogen-bond donors (Lipinski definition) is 2. The third kappa shape index (κ3) is 5.45. The second kappa shape index (κ2) is 8.19.